The first-order valence-corrected chi connectivity index (χ1v) is 22.7. The topological polar surface area (TPSA) is 304 Å². The SMILES string of the molecule is Cc1c(C(=O)c2ccc(N)c(C(=O)O)c2)c2ccccn2c1NC(=O)c1ccc(OCC(=O)NCCNC(=O)COc2ccc(C(=O)Nc3c(C)c(C(=O)c4ccc(N)c(C(=O)O)c4)c4ccccn34)cc2)cc1. The fourth-order valence-corrected chi connectivity index (χ4v) is 8.17. The number of aromatic nitrogens is 2. The van der Waals surface area contributed by atoms with E-state index in [4.69, 9.17) is 20.9 Å². The first-order valence-electron chi connectivity index (χ1n) is 22.7. The molecule has 10 N–H and O–H groups in total. The van der Waals surface area contributed by atoms with Crippen molar-refractivity contribution in [2.45, 2.75) is 13.8 Å². The van der Waals surface area contributed by atoms with E-state index in [1.54, 1.807) is 71.4 Å². The van der Waals surface area contributed by atoms with Crippen molar-refractivity contribution in [2.24, 2.45) is 0 Å². The molecule has 0 aliphatic rings. The number of hydrogen-bond acceptors (Lipinski definition) is 12. The van der Waals surface area contributed by atoms with E-state index in [0.717, 1.165) is 0 Å². The van der Waals surface area contributed by atoms with Crippen LogP contribution in [0.25, 0.3) is 11.0 Å². The molecule has 0 saturated carbocycles. The second-order valence-electron chi connectivity index (χ2n) is 16.7. The monoisotopic (exact) mass is 998 g/mol. The van der Waals surface area contributed by atoms with Gasteiger partial charge in [0.2, 0.25) is 0 Å². The molecule has 0 fully saturated rings. The van der Waals surface area contributed by atoms with Crippen LogP contribution in [0.5, 0.6) is 11.5 Å². The van der Waals surface area contributed by atoms with Gasteiger partial charge in [0.25, 0.3) is 23.6 Å². The molecule has 0 spiro atoms. The van der Waals surface area contributed by atoms with Crippen LogP contribution >= 0.6 is 0 Å². The summed E-state index contributed by atoms with van der Waals surface area (Å²) in [5.41, 5.74) is 14.4. The smallest absolute Gasteiger partial charge is 0.337 e. The van der Waals surface area contributed by atoms with Crippen LogP contribution in [0.2, 0.25) is 0 Å². The van der Waals surface area contributed by atoms with E-state index in [2.05, 4.69) is 21.3 Å². The maximum atomic E-state index is 13.7. The zero-order chi connectivity index (χ0) is 52.8. The molecule has 4 amide bonds. The molecule has 0 bridgehead atoms. The Morgan fingerprint density at radius 2 is 0.865 bits per heavy atom. The van der Waals surface area contributed by atoms with Crippen molar-refractivity contribution < 1.29 is 58.0 Å². The number of nitrogen functional groups attached to an aromatic ring is 2. The molecule has 20 heteroatoms. The Hall–Kier alpha value is -10.2. The molecule has 0 aliphatic heterocycles. The summed E-state index contributed by atoms with van der Waals surface area (Å²) >= 11 is 0. The van der Waals surface area contributed by atoms with Gasteiger partial charge in [-0.05, 0) is 123 Å². The highest BCUT2D eigenvalue weighted by Crippen LogP contribution is 2.33. The average molecular weight is 999 g/mol. The van der Waals surface area contributed by atoms with E-state index in [-0.39, 0.29) is 82.2 Å². The summed E-state index contributed by atoms with van der Waals surface area (Å²) in [5, 5.41) is 30.1. The number of anilines is 4. The lowest BCUT2D eigenvalue weighted by molar-refractivity contribution is -0.124. The minimum atomic E-state index is -1.27. The molecule has 374 valence electrons. The van der Waals surface area contributed by atoms with Gasteiger partial charge in [0.1, 0.15) is 23.1 Å². The van der Waals surface area contributed by atoms with Crippen molar-refractivity contribution in [3.05, 3.63) is 189 Å². The number of carbonyl (C=O) groups excluding carboxylic acids is 6. The van der Waals surface area contributed by atoms with Gasteiger partial charge in [-0.3, -0.25) is 28.8 Å². The number of carboxylic acids is 2. The molecule has 8 rings (SSSR count). The van der Waals surface area contributed by atoms with E-state index in [9.17, 15) is 48.6 Å². The highest BCUT2D eigenvalue weighted by atomic mass is 16.5. The number of pyridine rings is 2. The predicted molar refractivity (Wildman–Crippen MR) is 273 cm³/mol. The molecule has 4 aromatic heterocycles. The summed E-state index contributed by atoms with van der Waals surface area (Å²) in [7, 11) is 0. The van der Waals surface area contributed by atoms with E-state index >= 15 is 0 Å². The number of aromatic carboxylic acids is 2. The van der Waals surface area contributed by atoms with E-state index in [0.29, 0.717) is 45.3 Å². The van der Waals surface area contributed by atoms with Crippen LogP contribution in [0.4, 0.5) is 23.0 Å². The predicted octanol–water partition coefficient (Wildman–Crippen LogP) is 6.03. The molecule has 0 radical (unpaired) electrons. The van der Waals surface area contributed by atoms with E-state index in [1.807, 2.05) is 0 Å². The molecule has 0 unspecified atom stereocenters. The minimum absolute atomic E-state index is 0.0195. The largest absolute Gasteiger partial charge is 0.484 e. The molecule has 0 atom stereocenters. The summed E-state index contributed by atoms with van der Waals surface area (Å²) < 4.78 is 14.5. The lowest BCUT2D eigenvalue weighted by atomic mass is 9.98. The maximum absolute atomic E-state index is 13.7. The number of rotatable bonds is 19. The quantitative estimate of drug-likeness (QED) is 0.0261. The number of fused-ring (bicyclic) bond motifs is 2. The van der Waals surface area contributed by atoms with Crippen LogP contribution in [0.1, 0.15) is 84.4 Å². The number of nitrogens with zero attached hydrogens (tertiary/aromatic N) is 2. The Morgan fingerprint density at radius 3 is 1.23 bits per heavy atom. The summed E-state index contributed by atoms with van der Waals surface area (Å²) in [6, 6.07) is 30.5. The normalized spacial score (nSPS) is 10.9. The molecular weight excluding hydrogens is 953 g/mol. The van der Waals surface area contributed by atoms with Crippen molar-refractivity contribution in [3.63, 3.8) is 0 Å². The Labute approximate surface area is 420 Å². The summed E-state index contributed by atoms with van der Waals surface area (Å²) in [6.07, 6.45) is 3.37. The van der Waals surface area contributed by atoms with Crippen molar-refractivity contribution in [3.8, 4) is 11.5 Å². The second kappa shape index (κ2) is 21.4. The van der Waals surface area contributed by atoms with E-state index in [1.165, 1.54) is 84.9 Å². The van der Waals surface area contributed by atoms with E-state index < -0.39 is 47.1 Å². The third kappa shape index (κ3) is 10.6. The molecule has 74 heavy (non-hydrogen) atoms. The number of amides is 4. The molecule has 0 saturated heterocycles. The van der Waals surface area contributed by atoms with Gasteiger partial charge in [0, 0.05) is 70.2 Å². The Bertz CT molecular complexity index is 3350. The molecule has 0 aliphatic carbocycles. The first-order chi connectivity index (χ1) is 35.5. The number of carbonyl (C=O) groups is 8. The third-order valence-corrected chi connectivity index (χ3v) is 11.9. The van der Waals surface area contributed by atoms with Gasteiger partial charge in [-0.2, -0.15) is 0 Å². The van der Waals surface area contributed by atoms with Gasteiger partial charge in [-0.15, -0.1) is 0 Å². The van der Waals surface area contributed by atoms with Gasteiger partial charge in [0.15, 0.2) is 24.8 Å². The molecular formula is C54H46N8O12. The second-order valence-corrected chi connectivity index (χ2v) is 16.7. The molecule has 20 nitrogen and oxygen atoms in total. The lowest BCUT2D eigenvalue weighted by Crippen LogP contribution is -2.38. The Balaban J connectivity index is 0.772. The van der Waals surface area contributed by atoms with Crippen LogP contribution in [0.15, 0.2) is 134 Å². The summed E-state index contributed by atoms with van der Waals surface area (Å²) in [5.74, 6) is -4.07. The minimum Gasteiger partial charge on any atom is -0.484 e. The van der Waals surface area contributed by atoms with Crippen molar-refractivity contribution in [1.29, 1.82) is 0 Å². The van der Waals surface area contributed by atoms with Crippen molar-refractivity contribution in [2.75, 3.05) is 48.4 Å². The number of ether oxygens (including phenoxy) is 2. The summed E-state index contributed by atoms with van der Waals surface area (Å²) in [4.78, 5) is 103. The number of nitrogens with two attached hydrogens (primary N) is 2. The highest BCUT2D eigenvalue weighted by Gasteiger charge is 2.26. The fraction of sp³-hybridized carbons (Fsp3) is 0.111. The standard InChI is InChI=1S/C54H46N8O12/c1-29-45(47(65)33-13-19-39(55)37(25-33)53(69)70)41-7-3-5-23-61(41)49(29)59-51(67)31-9-15-35(16-10-31)73-27-43(63)57-21-22-58-44(64)28-74-36-17-11-32(12-18-36)52(68)60-50-30(2)46(42-8-4-6-24-62(42)50)48(66)34-14-20-40(56)38(26-34)54(71)72/h3-20,23-26H,21-22,27-28,55-56H2,1-2H3,(H,57,63)(H,58,64)(H,59,67)(H,60,68)(H,69,70)(H,71,72). The van der Waals surface area contributed by atoms with Gasteiger partial charge < -0.3 is 61.2 Å². The van der Waals surface area contributed by atoms with Gasteiger partial charge >= 0.3 is 11.9 Å². The van der Waals surface area contributed by atoms with Crippen molar-refractivity contribution in [1.82, 2.24) is 19.4 Å². The van der Waals surface area contributed by atoms with Crippen molar-refractivity contribution >= 4 is 81.2 Å². The highest BCUT2D eigenvalue weighted by molar-refractivity contribution is 6.18. The Kier molecular flexibility index (Phi) is 14.5. The third-order valence-electron chi connectivity index (χ3n) is 11.9. The number of carboxylic acid groups (broad SMARTS) is 2. The average Bonchev–Trinajstić information content (AvgIpc) is 3.83. The molecule has 8 aromatic rings. The fourth-order valence-electron chi connectivity index (χ4n) is 8.17. The lowest BCUT2D eigenvalue weighted by Gasteiger charge is -2.11. The Morgan fingerprint density at radius 1 is 0.500 bits per heavy atom. The van der Waals surface area contributed by atoms with Gasteiger partial charge in [-0.25, -0.2) is 9.59 Å². The van der Waals surface area contributed by atoms with Crippen LogP contribution in [0.3, 0.4) is 0 Å². The zero-order valence-electron chi connectivity index (χ0n) is 39.6. The number of ketones is 2. The van der Waals surface area contributed by atoms with Crippen LogP contribution < -0.4 is 42.2 Å². The number of benzene rings is 4. The molecule has 4 heterocycles. The summed E-state index contributed by atoms with van der Waals surface area (Å²) in [6.45, 7) is 2.82. The molecule has 4 aromatic carbocycles. The van der Waals surface area contributed by atoms with Crippen LogP contribution in [-0.2, 0) is 9.59 Å². The first kappa shape index (κ1) is 50.2. The van der Waals surface area contributed by atoms with Gasteiger partial charge in [0.05, 0.1) is 33.3 Å². The van der Waals surface area contributed by atoms with Crippen LogP contribution in [-0.4, -0.2) is 92.5 Å². The van der Waals surface area contributed by atoms with Gasteiger partial charge in [-0.1, -0.05) is 12.1 Å². The zero-order valence-corrected chi connectivity index (χ0v) is 39.6. The number of hydrogen-bond donors (Lipinski definition) is 8. The maximum Gasteiger partial charge on any atom is 0.337 e. The number of nitrogens with one attached hydrogen (secondary N) is 4. The van der Waals surface area contributed by atoms with Crippen LogP contribution in [0, 0.1) is 13.8 Å².